The number of rotatable bonds is 9. The minimum atomic E-state index is -3.64. The van der Waals surface area contributed by atoms with Crippen LogP contribution in [0.5, 0.6) is 0 Å². The number of aromatic nitrogens is 2. The van der Waals surface area contributed by atoms with Crippen LogP contribution >= 0.6 is 0 Å². The van der Waals surface area contributed by atoms with Gasteiger partial charge in [-0.3, -0.25) is 5.10 Å². The molecule has 0 spiro atoms. The van der Waals surface area contributed by atoms with Crippen molar-refractivity contribution in [3.63, 3.8) is 0 Å². The lowest BCUT2D eigenvalue weighted by Gasteiger charge is -2.07. The molecule has 8 heteroatoms. The molecule has 0 aromatic carbocycles. The number of H-pyrrole nitrogens is 1. The van der Waals surface area contributed by atoms with Gasteiger partial charge in [-0.2, -0.15) is 5.10 Å². The molecule has 2 rings (SSSR count). The summed E-state index contributed by atoms with van der Waals surface area (Å²) in [5.41, 5.74) is 0.562. The van der Waals surface area contributed by atoms with Crippen molar-refractivity contribution < 1.29 is 18.3 Å². The van der Waals surface area contributed by atoms with Crippen molar-refractivity contribution in [3.8, 4) is 0 Å². The third kappa shape index (κ3) is 4.02. The average Bonchev–Trinajstić information content (AvgIpc) is 3.14. The molecule has 114 valence electrons. The second kappa shape index (κ2) is 6.66. The molecule has 1 aromatic heterocycles. The van der Waals surface area contributed by atoms with Crippen molar-refractivity contribution in [1.29, 1.82) is 0 Å². The Morgan fingerprint density at radius 2 is 2.25 bits per heavy atom. The molecular weight excluding hydrogens is 282 g/mol. The Hall–Kier alpha value is -0.960. The monoisotopic (exact) mass is 303 g/mol. The largest absolute Gasteiger partial charge is 0.390 e. The van der Waals surface area contributed by atoms with E-state index < -0.39 is 16.6 Å². The van der Waals surface area contributed by atoms with Crippen molar-refractivity contribution in [2.24, 2.45) is 5.92 Å². The first kappa shape index (κ1) is 15.4. The third-order valence-electron chi connectivity index (χ3n) is 3.19. The molecule has 0 amide bonds. The molecule has 1 aromatic rings. The molecule has 0 atom stereocenters. The molecule has 0 unspecified atom stereocenters. The van der Waals surface area contributed by atoms with E-state index in [4.69, 9.17) is 9.84 Å². The lowest BCUT2D eigenvalue weighted by molar-refractivity contribution is 0.123. The zero-order chi connectivity index (χ0) is 14.6. The van der Waals surface area contributed by atoms with Crippen molar-refractivity contribution in [3.05, 3.63) is 11.4 Å². The van der Waals surface area contributed by atoms with E-state index in [2.05, 4.69) is 14.9 Å². The summed E-state index contributed by atoms with van der Waals surface area (Å²) in [6, 6.07) is 0. The molecule has 1 aliphatic rings. The van der Waals surface area contributed by atoms with Crippen molar-refractivity contribution in [1.82, 2.24) is 14.9 Å². The van der Waals surface area contributed by atoms with Gasteiger partial charge in [0.15, 0.2) is 0 Å². The third-order valence-corrected chi connectivity index (χ3v) is 4.85. The van der Waals surface area contributed by atoms with Crippen LogP contribution in [0.3, 0.4) is 0 Å². The van der Waals surface area contributed by atoms with Crippen LogP contribution in [0.25, 0.3) is 0 Å². The van der Waals surface area contributed by atoms with E-state index in [0.717, 1.165) is 6.61 Å². The van der Waals surface area contributed by atoms with E-state index in [1.54, 1.807) is 6.92 Å². The number of aromatic amines is 1. The highest BCUT2D eigenvalue weighted by Crippen LogP contribution is 2.28. The van der Waals surface area contributed by atoms with E-state index in [9.17, 15) is 8.42 Å². The molecule has 0 saturated heterocycles. The van der Waals surface area contributed by atoms with Crippen LogP contribution < -0.4 is 4.72 Å². The molecule has 0 radical (unpaired) electrons. The van der Waals surface area contributed by atoms with Crippen LogP contribution in [0.1, 0.15) is 30.7 Å². The van der Waals surface area contributed by atoms with E-state index in [-0.39, 0.29) is 10.6 Å². The van der Waals surface area contributed by atoms with Gasteiger partial charge in [0.25, 0.3) is 0 Å². The summed E-state index contributed by atoms with van der Waals surface area (Å²) in [5.74, 6) is 0.715. The van der Waals surface area contributed by atoms with Gasteiger partial charge >= 0.3 is 0 Å². The predicted octanol–water partition coefficient (Wildman–Crippen LogP) is 0.305. The summed E-state index contributed by atoms with van der Waals surface area (Å²) in [6.07, 6.45) is 3.12. The van der Waals surface area contributed by atoms with Crippen molar-refractivity contribution in [2.45, 2.75) is 37.7 Å². The standard InChI is InChI=1S/C12H21N3O4S/c1-9-12(11(7-16)15-14-9)20(17,18)13-5-2-6-19-8-10-3-4-10/h10,13,16H,2-8H2,1H3,(H,14,15). The zero-order valence-corrected chi connectivity index (χ0v) is 12.4. The fraction of sp³-hybridized carbons (Fsp3) is 0.750. The number of hydrogen-bond acceptors (Lipinski definition) is 5. The van der Waals surface area contributed by atoms with E-state index >= 15 is 0 Å². The zero-order valence-electron chi connectivity index (χ0n) is 11.6. The Bertz CT molecular complexity index is 537. The fourth-order valence-electron chi connectivity index (χ4n) is 1.92. The van der Waals surface area contributed by atoms with Crippen LogP contribution in [0.4, 0.5) is 0 Å². The molecule has 1 heterocycles. The maximum absolute atomic E-state index is 12.1. The van der Waals surface area contributed by atoms with Gasteiger partial charge in [0, 0.05) is 19.8 Å². The molecule has 7 nitrogen and oxygen atoms in total. The number of ether oxygens (including phenoxy) is 1. The predicted molar refractivity (Wildman–Crippen MR) is 72.6 cm³/mol. The van der Waals surface area contributed by atoms with Crippen LogP contribution in [0.15, 0.2) is 4.90 Å². The lowest BCUT2D eigenvalue weighted by atomic mass is 10.4. The number of hydrogen-bond donors (Lipinski definition) is 3. The maximum atomic E-state index is 12.1. The maximum Gasteiger partial charge on any atom is 0.244 e. The molecular formula is C12H21N3O4S. The Morgan fingerprint density at radius 3 is 2.90 bits per heavy atom. The Labute approximate surface area is 118 Å². The van der Waals surface area contributed by atoms with Crippen LogP contribution in [-0.4, -0.2) is 43.5 Å². The van der Waals surface area contributed by atoms with Gasteiger partial charge in [0.1, 0.15) is 10.6 Å². The highest BCUT2D eigenvalue weighted by Gasteiger charge is 2.23. The number of sulfonamides is 1. The SMILES string of the molecule is Cc1[nH]nc(CO)c1S(=O)(=O)NCCCOCC1CC1. The quantitative estimate of drug-likeness (QED) is 0.569. The Morgan fingerprint density at radius 1 is 1.50 bits per heavy atom. The van der Waals surface area contributed by atoms with Crippen LogP contribution in [-0.2, 0) is 21.4 Å². The van der Waals surface area contributed by atoms with Gasteiger partial charge in [-0.1, -0.05) is 0 Å². The van der Waals surface area contributed by atoms with Gasteiger partial charge in [-0.15, -0.1) is 0 Å². The van der Waals surface area contributed by atoms with Crippen molar-refractivity contribution in [2.75, 3.05) is 19.8 Å². The minimum Gasteiger partial charge on any atom is -0.390 e. The molecule has 20 heavy (non-hydrogen) atoms. The first-order valence-electron chi connectivity index (χ1n) is 6.76. The number of aliphatic hydroxyl groups is 1. The molecule has 1 saturated carbocycles. The summed E-state index contributed by atoms with van der Waals surface area (Å²) < 4.78 is 32.2. The highest BCUT2D eigenvalue weighted by atomic mass is 32.2. The minimum absolute atomic E-state index is 0.0406. The molecule has 3 N–H and O–H groups in total. The molecule has 0 bridgehead atoms. The first-order chi connectivity index (χ1) is 9.54. The van der Waals surface area contributed by atoms with Crippen molar-refractivity contribution >= 4 is 10.0 Å². The average molecular weight is 303 g/mol. The first-order valence-corrected chi connectivity index (χ1v) is 8.25. The Balaban J connectivity index is 1.79. The van der Waals surface area contributed by atoms with Gasteiger partial charge in [0.2, 0.25) is 10.0 Å². The molecule has 1 fully saturated rings. The number of aliphatic hydroxyl groups excluding tert-OH is 1. The normalized spacial score (nSPS) is 15.7. The summed E-state index contributed by atoms with van der Waals surface area (Å²) in [6.45, 7) is 2.84. The fourth-order valence-corrected chi connectivity index (χ4v) is 3.35. The lowest BCUT2D eigenvalue weighted by Crippen LogP contribution is -2.26. The van der Waals surface area contributed by atoms with Crippen LogP contribution in [0.2, 0.25) is 0 Å². The molecule has 0 aliphatic heterocycles. The van der Waals surface area contributed by atoms with Crippen LogP contribution in [0, 0.1) is 12.8 Å². The number of aryl methyl sites for hydroxylation is 1. The smallest absolute Gasteiger partial charge is 0.244 e. The van der Waals surface area contributed by atoms with E-state index in [1.165, 1.54) is 12.8 Å². The van der Waals surface area contributed by atoms with Gasteiger partial charge in [0.05, 0.1) is 12.3 Å². The number of nitrogens with zero attached hydrogens (tertiary/aromatic N) is 1. The second-order valence-corrected chi connectivity index (χ2v) is 6.76. The topological polar surface area (TPSA) is 104 Å². The van der Waals surface area contributed by atoms with Gasteiger partial charge in [-0.05, 0) is 32.1 Å². The summed E-state index contributed by atoms with van der Waals surface area (Å²) >= 11 is 0. The van der Waals surface area contributed by atoms with E-state index in [0.29, 0.717) is 31.2 Å². The Kier molecular flexibility index (Phi) is 5.14. The summed E-state index contributed by atoms with van der Waals surface area (Å²) in [7, 11) is -3.64. The summed E-state index contributed by atoms with van der Waals surface area (Å²) in [5, 5.41) is 15.4. The summed E-state index contributed by atoms with van der Waals surface area (Å²) in [4.78, 5) is 0.0406. The van der Waals surface area contributed by atoms with Gasteiger partial charge in [-0.25, -0.2) is 13.1 Å². The highest BCUT2D eigenvalue weighted by molar-refractivity contribution is 7.89. The second-order valence-electron chi connectivity index (χ2n) is 5.05. The number of nitrogens with one attached hydrogen (secondary N) is 2. The van der Waals surface area contributed by atoms with E-state index in [1.807, 2.05) is 0 Å². The van der Waals surface area contributed by atoms with Gasteiger partial charge < -0.3 is 9.84 Å². The molecule has 1 aliphatic carbocycles.